The zero-order chi connectivity index (χ0) is 23.9. The summed E-state index contributed by atoms with van der Waals surface area (Å²) in [7, 11) is -3.63. The van der Waals surface area contributed by atoms with Gasteiger partial charge < -0.3 is 23.0 Å². The molecule has 0 rings (SSSR count). The molecule has 30 heavy (non-hydrogen) atoms. The normalized spacial score (nSPS) is 9.87. The predicted octanol–water partition coefficient (Wildman–Crippen LogP) is 2.22. The summed E-state index contributed by atoms with van der Waals surface area (Å²) in [6, 6.07) is 0. The Morgan fingerprint density at radius 2 is 0.567 bits per heavy atom. The molecular formula is C24H40N2O3Si. The van der Waals surface area contributed by atoms with Gasteiger partial charge in [0.2, 0.25) is 0 Å². The van der Waals surface area contributed by atoms with Crippen LogP contribution in [0.4, 0.5) is 0 Å². The Labute approximate surface area is 186 Å². The van der Waals surface area contributed by atoms with Crippen molar-refractivity contribution in [2.24, 2.45) is 0 Å². The Morgan fingerprint density at radius 3 is 0.633 bits per heavy atom. The van der Waals surface area contributed by atoms with Crippen molar-refractivity contribution >= 4 is 9.17 Å². The van der Waals surface area contributed by atoms with Crippen molar-refractivity contribution in [3.63, 3.8) is 0 Å². The second kappa shape index (κ2) is 21.2. The van der Waals surface area contributed by atoms with Crippen molar-refractivity contribution in [3.05, 3.63) is 101 Å². The van der Waals surface area contributed by atoms with Crippen LogP contribution in [0.5, 0.6) is 0 Å². The lowest BCUT2D eigenvalue weighted by Crippen LogP contribution is -2.48. The highest BCUT2D eigenvalue weighted by Crippen LogP contribution is 2.08. The fourth-order valence-electron chi connectivity index (χ4n) is 3.09. The molecule has 0 spiro atoms. The summed E-state index contributed by atoms with van der Waals surface area (Å²) in [5, 5.41) is 0. The van der Waals surface area contributed by atoms with E-state index in [1.54, 1.807) is 0 Å². The smallest absolute Gasteiger partial charge is 0.0978 e. The Kier molecular flexibility index (Phi) is 22.7. The second-order valence-corrected chi connectivity index (χ2v) is 7.20. The first kappa shape index (κ1) is 32.1. The topological polar surface area (TPSA) is 63.2 Å². The van der Waals surface area contributed by atoms with Crippen molar-refractivity contribution < 1.29 is 23.0 Å². The van der Waals surface area contributed by atoms with Gasteiger partial charge in [0.1, 0.15) is 0 Å². The van der Waals surface area contributed by atoms with Gasteiger partial charge in [-0.05, 0) is 48.6 Å². The molecule has 0 fully saturated rings. The van der Waals surface area contributed by atoms with E-state index in [-0.39, 0.29) is 0 Å². The Hall–Kier alpha value is -2.54. The average Bonchev–Trinajstić information content (AvgIpc) is 2.64. The first-order valence-electron chi connectivity index (χ1n) is 9.67. The minimum absolute atomic E-state index is 0.903. The molecule has 0 aromatic heterocycles. The maximum Gasteiger partial charge on any atom is 0.0978 e. The molecule has 0 aromatic rings. The van der Waals surface area contributed by atoms with E-state index < -0.39 is 9.17 Å². The van der Waals surface area contributed by atoms with Crippen LogP contribution in [0.25, 0.3) is 0 Å². The largest absolute Gasteiger partial charge is 0.672 e. The molecule has 0 saturated carbocycles. The van der Waals surface area contributed by atoms with Crippen molar-refractivity contribution in [3.8, 4) is 0 Å². The van der Waals surface area contributed by atoms with Crippen LogP contribution in [0.2, 0.25) is 0 Å². The molecule has 0 heterocycles. The molecule has 0 radical (unpaired) electrons. The van der Waals surface area contributed by atoms with E-state index in [0.29, 0.717) is 0 Å². The molecule has 0 amide bonds. The number of rotatable bonds is 16. The fraction of sp³-hybridized carbons (Fsp3) is 0.333. The van der Waals surface area contributed by atoms with Gasteiger partial charge in [0, 0.05) is 9.17 Å². The lowest BCUT2D eigenvalue weighted by Gasteiger charge is -2.35. The highest BCUT2D eigenvalue weighted by molar-refractivity contribution is 6.17. The maximum atomic E-state index is 8.52. The first-order valence-corrected chi connectivity index (χ1v) is 10.9. The lowest BCUT2D eigenvalue weighted by atomic mass is 10.3. The van der Waals surface area contributed by atoms with Crippen molar-refractivity contribution in [1.29, 1.82) is 0 Å². The molecule has 0 aromatic carbocycles. The third kappa shape index (κ3) is 17.5. The van der Waals surface area contributed by atoms with Crippen LogP contribution in [-0.2, 0) is 4.46 Å². The van der Waals surface area contributed by atoms with E-state index in [9.17, 15) is 0 Å². The van der Waals surface area contributed by atoms with Crippen LogP contribution in [0.1, 0.15) is 0 Å². The molecule has 0 aliphatic carbocycles. The van der Waals surface area contributed by atoms with Crippen molar-refractivity contribution in [2.45, 2.75) is 0 Å². The lowest BCUT2D eigenvalue weighted by molar-refractivity contribution is -0.906. The van der Waals surface area contributed by atoms with Gasteiger partial charge in [-0.25, -0.2) is 0 Å². The number of hydrogen-bond donors (Lipinski definition) is 0. The Balaban J connectivity index is -0.000000412. The van der Waals surface area contributed by atoms with Crippen molar-refractivity contribution in [1.82, 2.24) is 0 Å². The van der Waals surface area contributed by atoms with Gasteiger partial charge in [-0.1, -0.05) is 52.6 Å². The minimum Gasteiger partial charge on any atom is -0.672 e. The summed E-state index contributed by atoms with van der Waals surface area (Å²) in [5.41, 5.74) is 0. The summed E-state index contributed by atoms with van der Waals surface area (Å²) in [4.78, 5) is 17.0. The molecule has 0 unspecified atom stereocenters. The molecule has 0 saturated heterocycles. The summed E-state index contributed by atoms with van der Waals surface area (Å²) in [6.07, 6.45) is 15.5. The molecule has 0 atom stereocenters. The Bertz CT molecular complexity index is 432. The van der Waals surface area contributed by atoms with Gasteiger partial charge in [0.05, 0.1) is 52.4 Å². The molecule has 168 valence electrons. The van der Waals surface area contributed by atoms with E-state index in [1.165, 1.54) is 0 Å². The Morgan fingerprint density at radius 1 is 0.467 bits per heavy atom. The standard InChI is InChI=1S/2C12H20N.O3Si/c2*1-5-9-13(10-6-2,11-7-3)12-8-4;1-4(2)3/h2*5-8H,1-4,9-12H2;/q2*+1;-2. The molecule has 0 aliphatic heterocycles. The first-order chi connectivity index (χ1) is 14.2. The van der Waals surface area contributed by atoms with Gasteiger partial charge in [0.15, 0.2) is 0 Å². The highest BCUT2D eigenvalue weighted by Gasteiger charge is 2.21. The van der Waals surface area contributed by atoms with Crippen LogP contribution in [0, 0.1) is 0 Å². The SMILES string of the molecule is C=CC[N+](CC=C)(CC=C)CC=C.C=CC[N+](CC=C)(CC=C)CC=C.O=[Si]([O-])[O-]. The molecule has 5 nitrogen and oxygen atoms in total. The van der Waals surface area contributed by atoms with Gasteiger partial charge in [-0.3, -0.25) is 0 Å². The van der Waals surface area contributed by atoms with Crippen LogP contribution >= 0.6 is 0 Å². The zero-order valence-corrected chi connectivity index (χ0v) is 19.6. The number of hydrogen-bond acceptors (Lipinski definition) is 3. The van der Waals surface area contributed by atoms with Gasteiger partial charge >= 0.3 is 0 Å². The minimum atomic E-state index is -3.63. The monoisotopic (exact) mass is 432 g/mol. The molecule has 0 bridgehead atoms. The van der Waals surface area contributed by atoms with E-state index in [0.717, 1.165) is 61.3 Å². The predicted molar refractivity (Wildman–Crippen MR) is 127 cm³/mol. The van der Waals surface area contributed by atoms with Crippen LogP contribution in [-0.4, -0.2) is 70.5 Å². The summed E-state index contributed by atoms with van der Waals surface area (Å²) < 4.78 is 10.3. The van der Waals surface area contributed by atoms with Gasteiger partial charge in [-0.2, -0.15) is 0 Å². The van der Waals surface area contributed by atoms with Crippen LogP contribution in [0.15, 0.2) is 101 Å². The number of nitrogens with zero attached hydrogens (tertiary/aromatic N) is 2. The van der Waals surface area contributed by atoms with Crippen molar-refractivity contribution in [2.75, 3.05) is 52.4 Å². The summed E-state index contributed by atoms with van der Waals surface area (Å²) in [6.45, 7) is 37.7. The maximum absolute atomic E-state index is 8.52. The van der Waals surface area contributed by atoms with E-state index in [2.05, 4.69) is 52.6 Å². The van der Waals surface area contributed by atoms with E-state index in [4.69, 9.17) is 14.1 Å². The zero-order valence-electron chi connectivity index (χ0n) is 18.6. The van der Waals surface area contributed by atoms with E-state index in [1.807, 2.05) is 48.6 Å². The van der Waals surface area contributed by atoms with Gasteiger partial charge in [-0.15, -0.1) is 0 Å². The van der Waals surface area contributed by atoms with Crippen LogP contribution in [0.3, 0.4) is 0 Å². The van der Waals surface area contributed by atoms with Crippen LogP contribution < -0.4 is 9.59 Å². The second-order valence-electron chi connectivity index (χ2n) is 6.70. The molecular weight excluding hydrogens is 392 g/mol. The third-order valence-corrected chi connectivity index (χ3v) is 4.13. The average molecular weight is 433 g/mol. The highest BCUT2D eigenvalue weighted by atomic mass is 28.3. The fourth-order valence-corrected chi connectivity index (χ4v) is 3.09. The third-order valence-electron chi connectivity index (χ3n) is 4.13. The van der Waals surface area contributed by atoms with E-state index >= 15 is 0 Å². The quantitative estimate of drug-likeness (QED) is 0.213. The molecule has 0 N–H and O–H groups in total. The summed E-state index contributed by atoms with van der Waals surface area (Å²) >= 11 is 0. The van der Waals surface area contributed by atoms with Gasteiger partial charge in [0.25, 0.3) is 0 Å². The number of quaternary nitrogens is 2. The molecule has 0 aliphatic rings. The summed E-state index contributed by atoms with van der Waals surface area (Å²) in [5.74, 6) is 0. The molecule has 6 heteroatoms.